The van der Waals surface area contributed by atoms with E-state index >= 15 is 0 Å². The predicted molar refractivity (Wildman–Crippen MR) is 66.6 cm³/mol. The fraction of sp³-hybridized carbons (Fsp3) is 0.417. The van der Waals surface area contributed by atoms with Gasteiger partial charge in [0, 0.05) is 18.8 Å². The van der Waals surface area contributed by atoms with Gasteiger partial charge in [0.1, 0.15) is 0 Å². The molecular weight excluding hydrogens is 202 g/mol. The standard InChI is InChI=1S/C12H19N3O/c1-9(2)10-3-5-11(6-4-10)14-7-8-15-12(13)16/h3-6,9,14H,7-8H2,1-2H3,(H3,13,15,16). The van der Waals surface area contributed by atoms with Crippen LogP contribution in [-0.2, 0) is 0 Å². The van der Waals surface area contributed by atoms with Gasteiger partial charge in [0.05, 0.1) is 0 Å². The molecule has 0 fully saturated rings. The first kappa shape index (κ1) is 12.4. The van der Waals surface area contributed by atoms with Crippen molar-refractivity contribution in [3.05, 3.63) is 29.8 Å². The van der Waals surface area contributed by atoms with Gasteiger partial charge in [-0.05, 0) is 23.6 Å². The third-order valence-corrected chi connectivity index (χ3v) is 2.33. The summed E-state index contributed by atoms with van der Waals surface area (Å²) in [4.78, 5) is 10.4. The highest BCUT2D eigenvalue weighted by Gasteiger charge is 1.98. The summed E-state index contributed by atoms with van der Waals surface area (Å²) in [5.41, 5.74) is 7.32. The number of carbonyl (C=O) groups is 1. The molecule has 0 heterocycles. The maximum Gasteiger partial charge on any atom is 0.312 e. The third kappa shape index (κ3) is 4.21. The van der Waals surface area contributed by atoms with Crippen molar-refractivity contribution in [2.75, 3.05) is 18.4 Å². The van der Waals surface area contributed by atoms with E-state index in [4.69, 9.17) is 5.73 Å². The molecule has 0 aliphatic heterocycles. The summed E-state index contributed by atoms with van der Waals surface area (Å²) in [7, 11) is 0. The Bertz CT molecular complexity index is 333. The number of nitrogens with two attached hydrogens (primary N) is 1. The summed E-state index contributed by atoms with van der Waals surface area (Å²) < 4.78 is 0. The molecule has 0 unspecified atom stereocenters. The number of urea groups is 1. The van der Waals surface area contributed by atoms with Crippen molar-refractivity contribution in [2.45, 2.75) is 19.8 Å². The minimum atomic E-state index is -0.489. The zero-order valence-electron chi connectivity index (χ0n) is 9.79. The van der Waals surface area contributed by atoms with Crippen molar-refractivity contribution in [1.29, 1.82) is 0 Å². The van der Waals surface area contributed by atoms with Crippen molar-refractivity contribution < 1.29 is 4.79 Å². The number of primary amides is 1. The number of amides is 2. The molecule has 16 heavy (non-hydrogen) atoms. The Labute approximate surface area is 96.2 Å². The lowest BCUT2D eigenvalue weighted by molar-refractivity contribution is 0.249. The van der Waals surface area contributed by atoms with Gasteiger partial charge >= 0.3 is 6.03 Å². The van der Waals surface area contributed by atoms with Crippen LogP contribution in [0, 0.1) is 0 Å². The SMILES string of the molecule is CC(C)c1ccc(NCCNC(N)=O)cc1. The highest BCUT2D eigenvalue weighted by Crippen LogP contribution is 2.16. The molecule has 1 aromatic rings. The zero-order valence-corrected chi connectivity index (χ0v) is 9.79. The number of hydrogen-bond acceptors (Lipinski definition) is 2. The van der Waals surface area contributed by atoms with Crippen LogP contribution < -0.4 is 16.4 Å². The lowest BCUT2D eigenvalue weighted by atomic mass is 10.0. The number of hydrogen-bond donors (Lipinski definition) is 3. The maximum atomic E-state index is 10.4. The molecule has 2 amide bonds. The minimum Gasteiger partial charge on any atom is -0.383 e. The largest absolute Gasteiger partial charge is 0.383 e. The Morgan fingerprint density at radius 3 is 2.38 bits per heavy atom. The Kier molecular flexibility index (Phi) is 4.64. The summed E-state index contributed by atoms with van der Waals surface area (Å²) >= 11 is 0. The molecule has 4 nitrogen and oxygen atoms in total. The molecule has 4 heteroatoms. The van der Waals surface area contributed by atoms with E-state index < -0.39 is 6.03 Å². The van der Waals surface area contributed by atoms with Gasteiger partial charge in [-0.15, -0.1) is 0 Å². The van der Waals surface area contributed by atoms with Gasteiger partial charge in [0.15, 0.2) is 0 Å². The Balaban J connectivity index is 2.35. The van der Waals surface area contributed by atoms with Crippen LogP contribution in [-0.4, -0.2) is 19.1 Å². The average molecular weight is 221 g/mol. The molecule has 0 atom stereocenters. The molecule has 0 spiro atoms. The number of nitrogens with one attached hydrogen (secondary N) is 2. The van der Waals surface area contributed by atoms with E-state index in [0.717, 1.165) is 5.69 Å². The molecular formula is C12H19N3O. The molecule has 4 N–H and O–H groups in total. The fourth-order valence-corrected chi connectivity index (χ4v) is 1.38. The number of anilines is 1. The minimum absolute atomic E-state index is 0.489. The van der Waals surface area contributed by atoms with Crippen LogP contribution in [0.3, 0.4) is 0 Å². The average Bonchev–Trinajstić information content (AvgIpc) is 2.25. The van der Waals surface area contributed by atoms with Crippen LogP contribution in [0.25, 0.3) is 0 Å². The van der Waals surface area contributed by atoms with E-state index in [1.165, 1.54) is 5.56 Å². The normalized spacial score (nSPS) is 10.2. The molecule has 0 aromatic heterocycles. The van der Waals surface area contributed by atoms with E-state index in [2.05, 4.69) is 36.6 Å². The molecule has 0 saturated carbocycles. The quantitative estimate of drug-likeness (QED) is 0.665. The summed E-state index contributed by atoms with van der Waals surface area (Å²) in [5, 5.41) is 5.72. The zero-order chi connectivity index (χ0) is 12.0. The number of carbonyl (C=O) groups excluding carboxylic acids is 1. The van der Waals surface area contributed by atoms with E-state index in [0.29, 0.717) is 19.0 Å². The van der Waals surface area contributed by atoms with Gasteiger partial charge in [0.25, 0.3) is 0 Å². The number of rotatable bonds is 5. The van der Waals surface area contributed by atoms with Gasteiger partial charge in [-0.25, -0.2) is 4.79 Å². The van der Waals surface area contributed by atoms with Gasteiger partial charge < -0.3 is 16.4 Å². The summed E-state index contributed by atoms with van der Waals surface area (Å²) in [6.07, 6.45) is 0. The fourth-order valence-electron chi connectivity index (χ4n) is 1.38. The lowest BCUT2D eigenvalue weighted by Gasteiger charge is -2.09. The first-order valence-corrected chi connectivity index (χ1v) is 5.46. The van der Waals surface area contributed by atoms with Gasteiger partial charge in [-0.2, -0.15) is 0 Å². The highest BCUT2D eigenvalue weighted by molar-refractivity contribution is 5.71. The van der Waals surface area contributed by atoms with Crippen LogP contribution >= 0.6 is 0 Å². The summed E-state index contributed by atoms with van der Waals surface area (Å²) in [6, 6.07) is 7.80. The maximum absolute atomic E-state index is 10.4. The molecule has 0 radical (unpaired) electrons. The van der Waals surface area contributed by atoms with E-state index in [1.807, 2.05) is 12.1 Å². The molecule has 1 rings (SSSR count). The molecule has 1 aromatic carbocycles. The van der Waals surface area contributed by atoms with Gasteiger partial charge in [-0.3, -0.25) is 0 Å². The Morgan fingerprint density at radius 1 is 1.25 bits per heavy atom. The van der Waals surface area contributed by atoms with Crippen LogP contribution in [0.5, 0.6) is 0 Å². The molecule has 0 aliphatic carbocycles. The van der Waals surface area contributed by atoms with Crippen LogP contribution in [0.4, 0.5) is 10.5 Å². The van der Waals surface area contributed by atoms with Gasteiger partial charge in [0.2, 0.25) is 0 Å². The first-order chi connectivity index (χ1) is 7.59. The first-order valence-electron chi connectivity index (χ1n) is 5.46. The Morgan fingerprint density at radius 2 is 1.88 bits per heavy atom. The molecule has 0 saturated heterocycles. The third-order valence-electron chi connectivity index (χ3n) is 2.33. The van der Waals surface area contributed by atoms with Crippen molar-refractivity contribution in [3.63, 3.8) is 0 Å². The molecule has 0 bridgehead atoms. The molecule has 0 aliphatic rings. The van der Waals surface area contributed by atoms with Crippen molar-refractivity contribution >= 4 is 11.7 Å². The second-order valence-corrected chi connectivity index (χ2v) is 3.99. The highest BCUT2D eigenvalue weighted by atomic mass is 16.2. The smallest absolute Gasteiger partial charge is 0.312 e. The second-order valence-electron chi connectivity index (χ2n) is 3.99. The lowest BCUT2D eigenvalue weighted by Crippen LogP contribution is -2.33. The van der Waals surface area contributed by atoms with Crippen LogP contribution in [0.1, 0.15) is 25.3 Å². The van der Waals surface area contributed by atoms with Crippen molar-refractivity contribution in [1.82, 2.24) is 5.32 Å². The monoisotopic (exact) mass is 221 g/mol. The van der Waals surface area contributed by atoms with Gasteiger partial charge in [-0.1, -0.05) is 26.0 Å². The van der Waals surface area contributed by atoms with Crippen molar-refractivity contribution in [2.24, 2.45) is 5.73 Å². The van der Waals surface area contributed by atoms with Crippen LogP contribution in [0.15, 0.2) is 24.3 Å². The molecule has 88 valence electrons. The Hall–Kier alpha value is -1.71. The topological polar surface area (TPSA) is 67.2 Å². The van der Waals surface area contributed by atoms with Crippen LogP contribution in [0.2, 0.25) is 0 Å². The number of benzene rings is 1. The second kappa shape index (κ2) is 6.00. The summed E-state index contributed by atoms with van der Waals surface area (Å²) in [5.74, 6) is 0.547. The van der Waals surface area contributed by atoms with E-state index in [1.54, 1.807) is 0 Å². The van der Waals surface area contributed by atoms with E-state index in [9.17, 15) is 4.79 Å². The predicted octanol–water partition coefficient (Wildman–Crippen LogP) is 1.89. The van der Waals surface area contributed by atoms with Crippen molar-refractivity contribution in [3.8, 4) is 0 Å². The summed E-state index contributed by atoms with van der Waals surface area (Å²) in [6.45, 7) is 5.53. The van der Waals surface area contributed by atoms with E-state index in [-0.39, 0.29) is 0 Å².